The Balaban J connectivity index is 0.000000242. The Morgan fingerprint density at radius 1 is 0.621 bits per heavy atom. The van der Waals surface area contributed by atoms with Crippen LogP contribution in [0.5, 0.6) is 0 Å². The number of ether oxygens (including phenoxy) is 3. The van der Waals surface area contributed by atoms with E-state index in [0.29, 0.717) is 12.8 Å². The molecule has 1 unspecified atom stereocenters. The van der Waals surface area contributed by atoms with Crippen molar-refractivity contribution in [3.05, 3.63) is 35.4 Å². The Bertz CT molecular complexity index is 1390. The van der Waals surface area contributed by atoms with E-state index in [-0.39, 0.29) is 24.1 Å². The fraction of sp³-hybridized carbons (Fsp3) is 0.775. The molecule has 332 valence electrons. The molecule has 2 aromatic heterocycles. The summed E-state index contributed by atoms with van der Waals surface area (Å²) in [5.74, 6) is 3.71. The van der Waals surface area contributed by atoms with Gasteiger partial charge < -0.3 is 65.0 Å². The summed E-state index contributed by atoms with van der Waals surface area (Å²) in [6.07, 6.45) is 8.38. The summed E-state index contributed by atoms with van der Waals surface area (Å²) in [6.45, 7) is 20.7. The van der Waals surface area contributed by atoms with E-state index in [1.54, 1.807) is 21.3 Å². The number of rotatable bonds is 3. The van der Waals surface area contributed by atoms with Gasteiger partial charge in [-0.05, 0) is 41.9 Å². The lowest BCUT2D eigenvalue weighted by atomic mass is 10.3. The summed E-state index contributed by atoms with van der Waals surface area (Å²) in [5.41, 5.74) is 7.70. The summed E-state index contributed by atoms with van der Waals surface area (Å²) in [5, 5.41) is 12.0. The Hall–Kier alpha value is -3.49. The summed E-state index contributed by atoms with van der Waals surface area (Å²) < 4.78 is 19.2. The molecule has 18 heteroatoms. The van der Waals surface area contributed by atoms with Crippen molar-refractivity contribution in [3.8, 4) is 0 Å². The minimum Gasteiger partial charge on any atom is -0.484 e. The number of hydrogen-bond donors (Lipinski definition) is 5. The predicted molar refractivity (Wildman–Crippen MR) is 230 cm³/mol. The number of likely N-dealkylation sites (N-methyl/N-ethyl adjacent to an activating group) is 3. The van der Waals surface area contributed by atoms with Crippen molar-refractivity contribution in [3.63, 3.8) is 0 Å². The number of amides is 2. The predicted octanol–water partition coefficient (Wildman–Crippen LogP) is -0.130. The van der Waals surface area contributed by atoms with Crippen LogP contribution in [0.1, 0.15) is 49.2 Å². The molecule has 1 atom stereocenters. The number of fused-ring (bicyclic) bond motifs is 2. The van der Waals surface area contributed by atoms with Gasteiger partial charge in [0.25, 0.3) is 0 Å². The first-order valence-electron chi connectivity index (χ1n) is 20.8. The molecule has 2 fully saturated rings. The van der Waals surface area contributed by atoms with Crippen molar-refractivity contribution in [2.24, 2.45) is 10.7 Å². The van der Waals surface area contributed by atoms with Gasteiger partial charge in [-0.25, -0.2) is 9.97 Å². The lowest BCUT2D eigenvalue weighted by Gasteiger charge is -2.15. The van der Waals surface area contributed by atoms with Gasteiger partial charge in [0.2, 0.25) is 11.8 Å². The highest BCUT2D eigenvalue weighted by Gasteiger charge is 2.13. The minimum atomic E-state index is -0.269. The summed E-state index contributed by atoms with van der Waals surface area (Å²) in [4.78, 5) is 41.1. The van der Waals surface area contributed by atoms with Gasteiger partial charge in [0.15, 0.2) is 12.2 Å². The van der Waals surface area contributed by atoms with Crippen LogP contribution in [0.2, 0.25) is 0 Å². The van der Waals surface area contributed by atoms with Crippen LogP contribution in [0, 0.1) is 13.8 Å². The van der Waals surface area contributed by atoms with E-state index in [1.807, 2.05) is 14.0 Å². The van der Waals surface area contributed by atoms with Gasteiger partial charge in [-0.3, -0.25) is 14.6 Å². The van der Waals surface area contributed by atoms with Crippen molar-refractivity contribution in [1.29, 1.82) is 0 Å². The number of carbonyl (C=O) groups is 2. The molecule has 18 nitrogen and oxygen atoms in total. The Morgan fingerprint density at radius 2 is 1.17 bits per heavy atom. The van der Waals surface area contributed by atoms with Gasteiger partial charge in [-0.1, -0.05) is 0 Å². The fourth-order valence-corrected chi connectivity index (χ4v) is 6.28. The van der Waals surface area contributed by atoms with Gasteiger partial charge in [-0.2, -0.15) is 0 Å². The van der Waals surface area contributed by atoms with Crippen LogP contribution in [-0.2, 0) is 49.7 Å². The van der Waals surface area contributed by atoms with Gasteiger partial charge in [0.05, 0.1) is 31.1 Å². The van der Waals surface area contributed by atoms with E-state index in [1.165, 1.54) is 11.6 Å². The monoisotopic (exact) mass is 820 g/mol. The molecule has 2 aromatic rings. The number of nitrogens with zero attached hydrogens (tertiary/aromatic N) is 8. The van der Waals surface area contributed by atoms with E-state index < -0.39 is 0 Å². The zero-order valence-corrected chi connectivity index (χ0v) is 37.1. The maximum atomic E-state index is 10.7. The van der Waals surface area contributed by atoms with Crippen LogP contribution in [0.4, 0.5) is 0 Å². The van der Waals surface area contributed by atoms with E-state index in [0.717, 1.165) is 135 Å². The molecule has 7 heterocycles. The molecule has 0 aliphatic carbocycles. The third kappa shape index (κ3) is 22.0. The maximum Gasteiger partial charge on any atom is 0.221 e. The van der Waals surface area contributed by atoms with E-state index in [4.69, 9.17) is 19.9 Å². The lowest BCUT2D eigenvalue weighted by molar-refractivity contribution is -0.121. The summed E-state index contributed by atoms with van der Waals surface area (Å²) in [7, 11) is 11.1. The molecule has 0 aromatic carbocycles. The SMILES string of the molecule is CN1CCNC(=O)CC1.COC(OC)C(C)N.COC1=NCCN(C)CC1.Cc1cn2c(n1)CCN(C)CC2.Cc1cn2c(n1)CCNCC2.O=C1CCNCCN1. The molecule has 2 amide bonds. The van der Waals surface area contributed by atoms with Crippen molar-refractivity contribution in [1.82, 2.24) is 55.1 Å². The number of aryl methyl sites for hydroxylation is 2. The van der Waals surface area contributed by atoms with Gasteiger partial charge in [-0.15, -0.1) is 0 Å². The van der Waals surface area contributed by atoms with Crippen LogP contribution in [-0.4, -0.2) is 191 Å². The second-order valence-electron chi connectivity index (χ2n) is 15.0. The zero-order valence-electron chi connectivity index (χ0n) is 37.1. The Morgan fingerprint density at radius 3 is 1.83 bits per heavy atom. The Kier molecular flexibility index (Phi) is 25.9. The van der Waals surface area contributed by atoms with Crippen LogP contribution >= 0.6 is 0 Å². The second kappa shape index (κ2) is 29.7. The molecule has 7 rings (SSSR count). The molecule has 58 heavy (non-hydrogen) atoms. The Labute approximate surface area is 348 Å². The van der Waals surface area contributed by atoms with Crippen LogP contribution in [0.3, 0.4) is 0 Å². The normalized spacial score (nSPS) is 19.5. The van der Waals surface area contributed by atoms with Crippen molar-refractivity contribution in [2.45, 2.75) is 78.3 Å². The lowest BCUT2D eigenvalue weighted by Crippen LogP contribution is -2.34. The number of aromatic nitrogens is 4. The summed E-state index contributed by atoms with van der Waals surface area (Å²) in [6, 6.07) is -0.0648. The first-order valence-corrected chi connectivity index (χ1v) is 20.8. The standard InChI is InChI=1S/C9H15N3.C8H13N3.C7H14N2O.C6H12N2O.C5H10N2O.C5H13NO2/c1-8-7-12-6-5-11(2)4-3-9(12)10-8;1-7-6-11-5-4-9-3-2-8(11)10-7;1-9-5-3-7(10-2)8-4-6-9;1-8-4-2-6(9)7-3-5-8;8-5-1-2-6-3-4-7-5;1-4(6)5(7-2)8-3/h7H,3-6H2,1-2H3;6,9H,2-5H2,1H3;3-6H2,1-2H3;2-5H2,1H3,(H,7,9);6H,1-4H2,(H,7,8);4-5H,6H2,1-3H3. The van der Waals surface area contributed by atoms with Crippen molar-refractivity contribution < 1.29 is 23.8 Å². The molecule has 0 spiro atoms. The minimum absolute atomic E-state index is 0.0648. The number of carbonyl (C=O) groups excluding carboxylic acids is 2. The molecular weight excluding hydrogens is 743 g/mol. The molecular formula is C40H77N13O5. The maximum absolute atomic E-state index is 10.7. The molecule has 5 aliphatic heterocycles. The smallest absolute Gasteiger partial charge is 0.221 e. The number of hydrogen-bond acceptors (Lipinski definition) is 14. The zero-order chi connectivity index (χ0) is 42.7. The number of imidazole rings is 2. The molecule has 5 aliphatic rings. The molecule has 0 saturated carbocycles. The van der Waals surface area contributed by atoms with Gasteiger partial charge >= 0.3 is 0 Å². The van der Waals surface area contributed by atoms with Crippen molar-refractivity contribution >= 4 is 17.7 Å². The highest BCUT2D eigenvalue weighted by Crippen LogP contribution is 2.08. The van der Waals surface area contributed by atoms with E-state index in [9.17, 15) is 9.59 Å². The highest BCUT2D eigenvalue weighted by atomic mass is 16.7. The second-order valence-corrected chi connectivity index (χ2v) is 15.0. The number of nitrogens with two attached hydrogens (primary N) is 1. The van der Waals surface area contributed by atoms with Crippen LogP contribution in [0.25, 0.3) is 0 Å². The van der Waals surface area contributed by atoms with Crippen molar-refractivity contribution in [2.75, 3.05) is 128 Å². The number of methoxy groups -OCH3 is 3. The summed E-state index contributed by atoms with van der Waals surface area (Å²) >= 11 is 0. The third-order valence-electron chi connectivity index (χ3n) is 9.75. The number of nitrogens with one attached hydrogen (secondary N) is 4. The molecule has 0 bridgehead atoms. The van der Waals surface area contributed by atoms with Crippen LogP contribution < -0.4 is 27.0 Å². The average Bonchev–Trinajstić information content (AvgIpc) is 3.42. The third-order valence-corrected chi connectivity index (χ3v) is 9.75. The first-order chi connectivity index (χ1) is 27.8. The van der Waals surface area contributed by atoms with E-state index >= 15 is 0 Å². The largest absolute Gasteiger partial charge is 0.484 e. The van der Waals surface area contributed by atoms with E-state index in [2.05, 4.69) is 100 Å². The molecule has 0 radical (unpaired) electrons. The quantitative estimate of drug-likeness (QED) is 0.258. The topological polar surface area (TPSA) is 194 Å². The van der Waals surface area contributed by atoms with Gasteiger partial charge in [0, 0.05) is 150 Å². The number of aliphatic imine (C=N–C) groups is 1. The van der Waals surface area contributed by atoms with Gasteiger partial charge in [0.1, 0.15) is 11.6 Å². The molecule has 6 N–H and O–H groups in total. The first kappa shape index (κ1) is 50.7. The average molecular weight is 820 g/mol. The highest BCUT2D eigenvalue weighted by molar-refractivity contribution is 5.77. The molecule has 2 saturated heterocycles. The fourth-order valence-electron chi connectivity index (χ4n) is 6.28. The van der Waals surface area contributed by atoms with Crippen LogP contribution in [0.15, 0.2) is 17.4 Å².